The van der Waals surface area contributed by atoms with E-state index >= 15 is 0 Å². The average molecular weight is 248 g/mol. The topological polar surface area (TPSA) is 58.2 Å². The third kappa shape index (κ3) is 4.80. The Morgan fingerprint density at radius 3 is 2.62 bits per heavy atom. The lowest BCUT2D eigenvalue weighted by atomic mass is 9.99. The number of nitrogens with one attached hydrogen (secondary N) is 2. The van der Waals surface area contributed by atoms with Gasteiger partial charge in [0.1, 0.15) is 0 Å². The Bertz CT molecular complexity index is 290. The van der Waals surface area contributed by atoms with E-state index < -0.39 is 10.0 Å². The lowest BCUT2D eigenvalue weighted by Crippen LogP contribution is -2.32. The molecule has 1 fully saturated rings. The molecule has 0 aromatic heterocycles. The molecule has 0 bridgehead atoms. The van der Waals surface area contributed by atoms with Crippen molar-refractivity contribution in [3.63, 3.8) is 0 Å². The molecule has 2 unspecified atom stereocenters. The summed E-state index contributed by atoms with van der Waals surface area (Å²) in [6, 6.07) is 0. The molecule has 0 amide bonds. The molecule has 96 valence electrons. The van der Waals surface area contributed by atoms with Crippen molar-refractivity contribution in [1.82, 2.24) is 10.0 Å². The first kappa shape index (κ1) is 13.9. The van der Waals surface area contributed by atoms with Crippen LogP contribution in [0.25, 0.3) is 0 Å². The summed E-state index contributed by atoms with van der Waals surface area (Å²) in [7, 11) is -1.22. The second-order valence-electron chi connectivity index (χ2n) is 4.79. The van der Waals surface area contributed by atoms with Gasteiger partial charge < -0.3 is 5.32 Å². The van der Waals surface area contributed by atoms with Gasteiger partial charge in [0.05, 0.1) is 5.75 Å². The van der Waals surface area contributed by atoms with E-state index in [2.05, 4.69) is 17.0 Å². The minimum absolute atomic E-state index is 0.231. The molecule has 1 aliphatic rings. The van der Waals surface area contributed by atoms with Gasteiger partial charge in [0.2, 0.25) is 10.0 Å². The van der Waals surface area contributed by atoms with Gasteiger partial charge in [-0.2, -0.15) is 0 Å². The second-order valence-corrected chi connectivity index (χ2v) is 6.72. The molecule has 0 aliphatic heterocycles. The molecule has 2 N–H and O–H groups in total. The molecule has 0 aromatic rings. The molecule has 0 aromatic carbocycles. The van der Waals surface area contributed by atoms with Gasteiger partial charge in [-0.15, -0.1) is 0 Å². The third-order valence-electron chi connectivity index (χ3n) is 3.44. The zero-order valence-electron chi connectivity index (χ0n) is 10.3. The molecular weight excluding hydrogens is 224 g/mol. The molecular formula is C11H24N2O2S. The molecule has 4 nitrogen and oxygen atoms in total. The van der Waals surface area contributed by atoms with E-state index in [0.29, 0.717) is 24.8 Å². The van der Waals surface area contributed by atoms with Crippen LogP contribution < -0.4 is 10.0 Å². The van der Waals surface area contributed by atoms with Crippen molar-refractivity contribution in [1.29, 1.82) is 0 Å². The van der Waals surface area contributed by atoms with Crippen LogP contribution in [0.3, 0.4) is 0 Å². The van der Waals surface area contributed by atoms with E-state index in [9.17, 15) is 8.42 Å². The monoisotopic (exact) mass is 248 g/mol. The molecule has 0 radical (unpaired) electrons. The Morgan fingerprint density at radius 1 is 1.31 bits per heavy atom. The molecule has 1 saturated carbocycles. The Morgan fingerprint density at radius 2 is 2.06 bits per heavy atom. The van der Waals surface area contributed by atoms with Gasteiger partial charge >= 0.3 is 0 Å². The fraction of sp³-hybridized carbons (Fsp3) is 1.00. The summed E-state index contributed by atoms with van der Waals surface area (Å²) in [5.41, 5.74) is 0. The summed E-state index contributed by atoms with van der Waals surface area (Å²) in [5, 5.41) is 2.95. The zero-order valence-corrected chi connectivity index (χ0v) is 11.1. The zero-order chi connectivity index (χ0) is 12.0. The minimum atomic E-state index is -3.05. The van der Waals surface area contributed by atoms with E-state index in [4.69, 9.17) is 0 Å². The lowest BCUT2D eigenvalue weighted by Gasteiger charge is -2.15. The van der Waals surface area contributed by atoms with Crippen LogP contribution in [-0.2, 0) is 10.0 Å². The number of hydrogen-bond donors (Lipinski definition) is 2. The predicted molar refractivity (Wildman–Crippen MR) is 66.8 cm³/mol. The van der Waals surface area contributed by atoms with Crippen molar-refractivity contribution in [2.75, 3.05) is 25.9 Å². The van der Waals surface area contributed by atoms with E-state index in [-0.39, 0.29) is 5.75 Å². The van der Waals surface area contributed by atoms with Crippen LogP contribution in [0.15, 0.2) is 0 Å². The molecule has 0 saturated heterocycles. The van der Waals surface area contributed by atoms with Gasteiger partial charge in [-0.3, -0.25) is 0 Å². The first-order chi connectivity index (χ1) is 7.55. The standard InChI is InChI=1S/C11H24N2O2S/c1-10-5-3-6-11(10)9-13-16(14,15)8-4-7-12-2/h10-13H,3-9H2,1-2H3. The van der Waals surface area contributed by atoms with Gasteiger partial charge in [-0.05, 0) is 38.3 Å². The van der Waals surface area contributed by atoms with Crippen LogP contribution in [-0.4, -0.2) is 34.3 Å². The maximum absolute atomic E-state index is 11.6. The first-order valence-corrected chi connectivity index (χ1v) is 7.82. The van der Waals surface area contributed by atoms with Crippen LogP contribution in [0.4, 0.5) is 0 Å². The van der Waals surface area contributed by atoms with Crippen LogP contribution in [0.1, 0.15) is 32.6 Å². The van der Waals surface area contributed by atoms with E-state index in [0.717, 1.165) is 6.54 Å². The number of rotatable bonds is 7. The SMILES string of the molecule is CNCCCS(=O)(=O)NCC1CCCC1C. The van der Waals surface area contributed by atoms with E-state index in [1.807, 2.05) is 7.05 Å². The second kappa shape index (κ2) is 6.57. The molecule has 2 atom stereocenters. The fourth-order valence-electron chi connectivity index (χ4n) is 2.27. The summed E-state index contributed by atoms with van der Waals surface area (Å²) in [6.07, 6.45) is 4.33. The molecule has 1 aliphatic carbocycles. The average Bonchev–Trinajstić information content (AvgIpc) is 2.62. The van der Waals surface area contributed by atoms with Crippen molar-refractivity contribution < 1.29 is 8.42 Å². The van der Waals surface area contributed by atoms with Crippen molar-refractivity contribution in [3.05, 3.63) is 0 Å². The molecule has 5 heteroatoms. The van der Waals surface area contributed by atoms with Crippen LogP contribution >= 0.6 is 0 Å². The summed E-state index contributed by atoms with van der Waals surface area (Å²) < 4.78 is 26.0. The van der Waals surface area contributed by atoms with E-state index in [1.165, 1.54) is 19.3 Å². The van der Waals surface area contributed by atoms with Crippen LogP contribution in [0, 0.1) is 11.8 Å². The van der Waals surface area contributed by atoms with Crippen molar-refractivity contribution in [2.45, 2.75) is 32.6 Å². The van der Waals surface area contributed by atoms with Crippen LogP contribution in [0.2, 0.25) is 0 Å². The fourth-order valence-corrected chi connectivity index (χ4v) is 3.41. The largest absolute Gasteiger partial charge is 0.320 e. The first-order valence-electron chi connectivity index (χ1n) is 6.17. The smallest absolute Gasteiger partial charge is 0.211 e. The van der Waals surface area contributed by atoms with Crippen molar-refractivity contribution >= 4 is 10.0 Å². The Labute approximate surface area is 99.2 Å². The normalized spacial score (nSPS) is 26.1. The lowest BCUT2D eigenvalue weighted by molar-refractivity contribution is 0.414. The number of sulfonamides is 1. The summed E-state index contributed by atoms with van der Waals surface area (Å²) in [6.45, 7) is 3.59. The van der Waals surface area contributed by atoms with Crippen molar-refractivity contribution in [2.24, 2.45) is 11.8 Å². The minimum Gasteiger partial charge on any atom is -0.320 e. The molecule has 1 rings (SSSR count). The molecule has 0 spiro atoms. The summed E-state index contributed by atoms with van der Waals surface area (Å²) in [4.78, 5) is 0. The summed E-state index contributed by atoms with van der Waals surface area (Å²) >= 11 is 0. The van der Waals surface area contributed by atoms with Gasteiger partial charge in [0.25, 0.3) is 0 Å². The molecule has 16 heavy (non-hydrogen) atoms. The number of hydrogen-bond acceptors (Lipinski definition) is 3. The van der Waals surface area contributed by atoms with Gasteiger partial charge in [0.15, 0.2) is 0 Å². The van der Waals surface area contributed by atoms with E-state index in [1.54, 1.807) is 0 Å². The third-order valence-corrected chi connectivity index (χ3v) is 4.88. The maximum atomic E-state index is 11.6. The van der Waals surface area contributed by atoms with Crippen molar-refractivity contribution in [3.8, 4) is 0 Å². The Balaban J connectivity index is 2.24. The highest BCUT2D eigenvalue weighted by Gasteiger charge is 2.24. The van der Waals surface area contributed by atoms with Crippen LogP contribution in [0.5, 0.6) is 0 Å². The highest BCUT2D eigenvalue weighted by Crippen LogP contribution is 2.30. The van der Waals surface area contributed by atoms with Gasteiger partial charge in [-0.1, -0.05) is 19.8 Å². The van der Waals surface area contributed by atoms with Gasteiger partial charge in [-0.25, -0.2) is 13.1 Å². The highest BCUT2D eigenvalue weighted by atomic mass is 32.2. The Kier molecular flexibility index (Phi) is 5.72. The van der Waals surface area contributed by atoms with Gasteiger partial charge in [0, 0.05) is 6.54 Å². The molecule has 0 heterocycles. The maximum Gasteiger partial charge on any atom is 0.211 e. The summed E-state index contributed by atoms with van der Waals surface area (Å²) in [5.74, 6) is 1.44. The predicted octanol–water partition coefficient (Wildman–Crippen LogP) is 0.952. The Hall–Kier alpha value is -0.130. The highest BCUT2D eigenvalue weighted by molar-refractivity contribution is 7.89. The quantitative estimate of drug-likeness (QED) is 0.660.